The van der Waals surface area contributed by atoms with Crippen LogP contribution in [0.4, 0.5) is 0 Å². The molecular weight excluding hydrogens is 424 g/mol. The number of Topliss-reactive ketones (excluding diaryl/α,β-unsaturated/α-hetero) is 1. The smallest absolute Gasteiger partial charge is 0.356 e. The third-order valence-corrected chi connectivity index (χ3v) is 4.40. The van der Waals surface area contributed by atoms with Crippen LogP contribution in [0.25, 0.3) is 0 Å². The number of carbonyl (C=O) groups excluding carboxylic acids is 2. The van der Waals surface area contributed by atoms with Crippen molar-refractivity contribution in [1.29, 1.82) is 0 Å². The molecule has 0 radical (unpaired) electrons. The van der Waals surface area contributed by atoms with Crippen molar-refractivity contribution in [3.63, 3.8) is 0 Å². The number of rotatable bonds is 16. The van der Waals surface area contributed by atoms with Crippen molar-refractivity contribution in [1.82, 2.24) is 0 Å². The van der Waals surface area contributed by atoms with E-state index in [1.165, 1.54) is 6.92 Å². The van der Waals surface area contributed by atoms with Crippen molar-refractivity contribution in [3.05, 3.63) is 0 Å². The normalized spacial score (nSPS) is 20.9. The second kappa shape index (κ2) is 12.7. The molecule has 3 rings (SSSR count). The molecule has 0 bridgehead atoms. The van der Waals surface area contributed by atoms with Gasteiger partial charge < -0.3 is 19.7 Å². The predicted molar refractivity (Wildman–Crippen MR) is 95.3 cm³/mol. The van der Waals surface area contributed by atoms with Crippen molar-refractivity contribution in [3.8, 4) is 0 Å². The lowest BCUT2D eigenvalue weighted by atomic mass is 9.99. The topological polar surface area (TPSA) is 177 Å². The van der Waals surface area contributed by atoms with Crippen LogP contribution in [0.2, 0.25) is 0 Å². The molecule has 3 saturated heterocycles. The summed E-state index contributed by atoms with van der Waals surface area (Å²) in [4.78, 5) is 57.7. The van der Waals surface area contributed by atoms with Gasteiger partial charge in [-0.25, -0.2) is 0 Å². The fourth-order valence-corrected chi connectivity index (χ4v) is 2.56. The highest BCUT2D eigenvalue weighted by Crippen LogP contribution is 2.52. The zero-order valence-electron chi connectivity index (χ0n) is 17.6. The second-order valence-electron chi connectivity index (χ2n) is 7.19. The summed E-state index contributed by atoms with van der Waals surface area (Å²) in [6.07, 6.45) is 4.39. The number of ketones is 1. The van der Waals surface area contributed by atoms with Crippen LogP contribution in [0, 0.1) is 0 Å². The molecule has 13 heteroatoms. The van der Waals surface area contributed by atoms with Gasteiger partial charge in [-0.2, -0.15) is 39.1 Å². The third kappa shape index (κ3) is 9.41. The maximum absolute atomic E-state index is 10.5. The molecule has 3 fully saturated rings. The van der Waals surface area contributed by atoms with Gasteiger partial charge in [-0.05, 0) is 39.0 Å². The van der Waals surface area contributed by atoms with Gasteiger partial charge in [0.2, 0.25) is 0 Å². The Hall–Kier alpha value is -1.26. The lowest BCUT2D eigenvalue weighted by Crippen LogP contribution is -2.51. The maximum Gasteiger partial charge on any atom is 0.356 e. The first-order valence-corrected chi connectivity index (χ1v) is 10.1. The van der Waals surface area contributed by atoms with Gasteiger partial charge in [-0.15, -0.1) is 0 Å². The lowest BCUT2D eigenvalue weighted by molar-refractivity contribution is -0.458. The van der Waals surface area contributed by atoms with Crippen LogP contribution in [0.5, 0.6) is 0 Å². The van der Waals surface area contributed by atoms with E-state index < -0.39 is 24.3 Å². The molecule has 3 aliphatic rings. The largest absolute Gasteiger partial charge is 0.466 e. The molecule has 0 aromatic carbocycles. The molecule has 180 valence electrons. The van der Waals surface area contributed by atoms with Crippen LogP contribution in [0.15, 0.2) is 0 Å². The molecule has 0 amide bonds. The van der Waals surface area contributed by atoms with E-state index in [0.717, 1.165) is 19.3 Å². The summed E-state index contributed by atoms with van der Waals surface area (Å²) in [6, 6.07) is 0. The summed E-state index contributed by atoms with van der Waals surface area (Å²) in [7, 11) is 0. The van der Waals surface area contributed by atoms with E-state index in [9.17, 15) is 14.7 Å². The second-order valence-corrected chi connectivity index (χ2v) is 7.19. The van der Waals surface area contributed by atoms with Crippen molar-refractivity contribution in [2.24, 2.45) is 0 Å². The average molecular weight is 454 g/mol. The van der Waals surface area contributed by atoms with E-state index in [4.69, 9.17) is 24.5 Å². The van der Waals surface area contributed by atoms with Crippen LogP contribution < -0.4 is 0 Å². The van der Waals surface area contributed by atoms with Crippen LogP contribution in [-0.4, -0.2) is 59.5 Å². The Morgan fingerprint density at radius 3 is 2.16 bits per heavy atom. The van der Waals surface area contributed by atoms with Gasteiger partial charge in [0.15, 0.2) is 0 Å². The van der Waals surface area contributed by atoms with Gasteiger partial charge in [-0.3, -0.25) is 4.79 Å². The zero-order chi connectivity index (χ0) is 22.7. The van der Waals surface area contributed by atoms with Gasteiger partial charge in [0.1, 0.15) is 5.78 Å². The van der Waals surface area contributed by atoms with Gasteiger partial charge >= 0.3 is 18.2 Å². The minimum absolute atomic E-state index is 0.0759. The van der Waals surface area contributed by atoms with Crippen LogP contribution in [0.3, 0.4) is 0 Å². The Morgan fingerprint density at radius 2 is 1.65 bits per heavy atom. The number of aliphatic hydroxyl groups excluding tert-OH is 1. The zero-order valence-corrected chi connectivity index (χ0v) is 17.6. The highest BCUT2D eigenvalue weighted by atomic mass is 17.5. The fraction of sp³-hybridized carbons (Fsp3) is 0.889. The molecule has 0 aromatic heterocycles. The van der Waals surface area contributed by atoms with E-state index in [-0.39, 0.29) is 24.8 Å². The Labute approximate surface area is 179 Å². The van der Waals surface area contributed by atoms with Gasteiger partial charge in [0, 0.05) is 26.4 Å². The van der Waals surface area contributed by atoms with E-state index in [1.54, 1.807) is 6.92 Å². The molecule has 31 heavy (non-hydrogen) atoms. The van der Waals surface area contributed by atoms with Crippen molar-refractivity contribution >= 4 is 11.8 Å². The molecule has 0 saturated carbocycles. The van der Waals surface area contributed by atoms with Crippen molar-refractivity contribution in [2.75, 3.05) is 13.2 Å². The Bertz CT molecular complexity index is 541. The van der Waals surface area contributed by atoms with Crippen molar-refractivity contribution in [2.45, 2.75) is 89.6 Å². The first-order chi connectivity index (χ1) is 14.8. The molecule has 3 aliphatic heterocycles. The monoisotopic (exact) mass is 454 g/mol. The van der Waals surface area contributed by atoms with E-state index >= 15 is 0 Å². The Kier molecular flexibility index (Phi) is 10.6. The molecule has 0 spiro atoms. The highest BCUT2D eigenvalue weighted by Gasteiger charge is 2.78. The summed E-state index contributed by atoms with van der Waals surface area (Å²) in [5.74, 6) is -3.54. The van der Waals surface area contributed by atoms with Crippen molar-refractivity contribution < 1.29 is 63.6 Å². The SMILES string of the molecule is CC(=O)CCCCCOC(C)=O.OCCCCCC(O)(OOC1OO1)C1(C2OO2)OO1. The number of esters is 1. The van der Waals surface area contributed by atoms with Crippen LogP contribution in [-0.2, 0) is 53.4 Å². The third-order valence-electron chi connectivity index (χ3n) is 4.40. The molecule has 13 nitrogen and oxygen atoms in total. The summed E-state index contributed by atoms with van der Waals surface area (Å²) in [5.41, 5.74) is 0. The first kappa shape index (κ1) is 26.0. The minimum Gasteiger partial charge on any atom is -0.466 e. The molecule has 0 aliphatic carbocycles. The van der Waals surface area contributed by atoms with E-state index in [2.05, 4.69) is 24.4 Å². The number of ether oxygens (including phenoxy) is 1. The molecule has 1 atom stereocenters. The minimum atomic E-state index is -1.95. The fourth-order valence-electron chi connectivity index (χ4n) is 2.56. The summed E-state index contributed by atoms with van der Waals surface area (Å²) in [5, 5.41) is 19.2. The maximum atomic E-state index is 10.5. The van der Waals surface area contributed by atoms with E-state index in [1.807, 2.05) is 0 Å². The number of unbranched alkanes of at least 4 members (excludes halogenated alkanes) is 4. The van der Waals surface area contributed by atoms with E-state index in [0.29, 0.717) is 32.3 Å². The van der Waals surface area contributed by atoms with Crippen LogP contribution >= 0.6 is 0 Å². The predicted octanol–water partition coefficient (Wildman–Crippen LogP) is 1.07. The van der Waals surface area contributed by atoms with Gasteiger partial charge in [0.25, 0.3) is 12.1 Å². The number of aliphatic hydroxyl groups is 2. The Morgan fingerprint density at radius 1 is 0.968 bits per heavy atom. The van der Waals surface area contributed by atoms with Crippen LogP contribution in [0.1, 0.15) is 65.2 Å². The summed E-state index contributed by atoms with van der Waals surface area (Å²) in [6.45, 7) is 2.56. The average Bonchev–Trinajstić information content (AvgIpc) is 3.57. The number of hydrogen-bond acceptors (Lipinski definition) is 13. The quantitative estimate of drug-likeness (QED) is 0.0845. The molecule has 0 aromatic rings. The highest BCUT2D eigenvalue weighted by molar-refractivity contribution is 5.75. The van der Waals surface area contributed by atoms with Gasteiger partial charge in [-0.1, -0.05) is 6.42 Å². The van der Waals surface area contributed by atoms with Gasteiger partial charge in [0.05, 0.1) is 6.61 Å². The first-order valence-electron chi connectivity index (χ1n) is 10.1. The molecule has 3 heterocycles. The Balaban J connectivity index is 0.000000248. The molecular formula is C18H30O13. The number of carbonyl (C=O) groups is 2. The summed E-state index contributed by atoms with van der Waals surface area (Å²) < 4.78 is 4.73. The number of hydrogen-bond donors (Lipinski definition) is 2. The lowest BCUT2D eigenvalue weighted by Gasteiger charge is -2.26. The summed E-state index contributed by atoms with van der Waals surface area (Å²) >= 11 is 0. The standard InChI is InChI=1S/C9H14O10.C9H16O3/c10-5-3-1-2-4-8(11,17-16-7-14-15-7)9(18-19-9)6-12-13-6;1-8(10)6-4-3-5-7-12-9(2)11/h6-7,10-11H,1-5H2;3-7H2,1-2H3. The molecule has 1 unspecified atom stereocenters. The molecule has 2 N–H and O–H groups in total.